The Labute approximate surface area is 341 Å². The monoisotopic (exact) mass is 913 g/mol. The maximum absolute atomic E-state index is 6.26. The highest BCUT2D eigenvalue weighted by Gasteiger charge is 1.76. The van der Waals surface area contributed by atoms with Gasteiger partial charge in [-0.3, -0.25) is 0 Å². The SMILES string of the molecule is N=N/N=N/N=N/N=N/N=N/N=N/N=N/N=N/N=N/N=N/N=N/N=N/N=N/N=N/N=N/N=N/N=N/N=N/N=N/N=N/N=N/N=N/N=N/N=N/N=N/N=N/N=N/N=N/N=N/N=N/N=N/N=N/N. The standard InChI is InChI=1S/H3N65/c1-3-5-7-9-11-13-15-17-19-21-23-25-27-29-31-33-35-37-39-41-43-45-47-49-51-53-55-57-59-61-63-65-64-62-60-58-56-54-52-50-48-46-44-42-40-38-36-34-32-30-28-26-24-22-20-18-16-14-12-10-8-6-4-2/h(H3,1,2,5,6,9,10,13,14,17,18,21,22,25,26,29,30,33,34,37,38,41,42,45,46,49,50,53,54,57,58,61,62,65). The van der Waals surface area contributed by atoms with Crippen LogP contribution in [0.3, 0.4) is 0 Å². The number of nitrogens with two attached hydrogens (primary N) is 1. The lowest BCUT2D eigenvalue weighted by molar-refractivity contribution is 0.724. The molecular weight excluding hydrogens is 910 g/mol. The Kier molecular flexibility index (Phi) is 40.8. The van der Waals surface area contributed by atoms with E-state index in [1.54, 1.807) is 0 Å². The highest BCUT2D eigenvalue weighted by molar-refractivity contribution is 4.19. The van der Waals surface area contributed by atoms with Crippen molar-refractivity contribution < 1.29 is 0 Å². The van der Waals surface area contributed by atoms with E-state index in [-0.39, 0.29) is 0 Å². The lowest BCUT2D eigenvalue weighted by Gasteiger charge is -1.70. The van der Waals surface area contributed by atoms with Gasteiger partial charge in [0.05, 0.1) is 0 Å². The highest BCUT2D eigenvalue weighted by atomic mass is 15.8. The van der Waals surface area contributed by atoms with Gasteiger partial charge in [-0.15, -0.1) is 0 Å². The summed E-state index contributed by atoms with van der Waals surface area (Å²) in [6.45, 7) is 0. The Morgan fingerprint density at radius 1 is 0.123 bits per heavy atom. The van der Waals surface area contributed by atoms with Crippen molar-refractivity contribution in [1.29, 1.82) is 5.53 Å². The van der Waals surface area contributed by atoms with Crippen LogP contribution in [0.15, 0.2) is 329 Å². The molecule has 0 heterocycles. The van der Waals surface area contributed by atoms with Crippen LogP contribution in [-0.2, 0) is 0 Å². The first-order valence-electron chi connectivity index (χ1n) is 12.9. The topological polar surface area (TPSA) is 829 Å². The minimum Gasteiger partial charge on any atom is -0.303 e. The highest BCUT2D eigenvalue weighted by Crippen LogP contribution is 1.95. The summed E-state index contributed by atoms with van der Waals surface area (Å²) in [4.78, 5) is 0. The quantitative estimate of drug-likeness (QED) is 0.0382. The van der Waals surface area contributed by atoms with E-state index in [0.29, 0.717) is 0 Å². The molecule has 0 saturated heterocycles. The van der Waals surface area contributed by atoms with Crippen molar-refractivity contribution in [2.45, 2.75) is 0 Å². The van der Waals surface area contributed by atoms with Gasteiger partial charge in [0, 0.05) is 245 Å². The van der Waals surface area contributed by atoms with Crippen molar-refractivity contribution >= 4 is 0 Å². The van der Waals surface area contributed by atoms with Crippen molar-refractivity contribution in [3.63, 3.8) is 0 Å². The number of hydrogen-bond acceptors (Lipinski definition) is 2. The molecule has 0 aliphatic heterocycles. The molecule has 0 fully saturated rings. The van der Waals surface area contributed by atoms with Crippen molar-refractivity contribution in [2.24, 2.45) is 335 Å². The number of rotatable bonds is 31. The van der Waals surface area contributed by atoms with E-state index < -0.39 is 0 Å². The van der Waals surface area contributed by atoms with Gasteiger partial charge in [-0.2, -0.15) is 5.53 Å². The van der Waals surface area contributed by atoms with Crippen molar-refractivity contribution in [1.82, 2.24) is 0 Å². The molecule has 328 valence electrons. The van der Waals surface area contributed by atoms with Crippen LogP contribution in [0.5, 0.6) is 0 Å². The molecule has 65 heteroatoms. The normalized spacial score (nSPS) is 15.4. The third-order valence-corrected chi connectivity index (χ3v) is 2.50. The molecule has 0 aromatic carbocycles. The zero-order valence-electron chi connectivity index (χ0n) is 29.3. The molecule has 0 saturated carbocycles. The zero-order chi connectivity index (χ0) is 46.5. The van der Waals surface area contributed by atoms with Gasteiger partial charge >= 0.3 is 0 Å². The molecular formula is H3N65. The van der Waals surface area contributed by atoms with Crippen LogP contribution in [0.2, 0.25) is 0 Å². The Balaban J connectivity index is 4.08. The van der Waals surface area contributed by atoms with Gasteiger partial charge in [-0.05, 0) is 78.3 Å². The second-order valence-electron chi connectivity index (χ2n) is 5.67. The third-order valence-electron chi connectivity index (χ3n) is 2.50. The predicted octanol–water partition coefficient (Wildman–Crippen LogP) is 11.3. The molecule has 0 aromatic heterocycles. The summed E-state index contributed by atoms with van der Waals surface area (Å²) in [7, 11) is 0. The molecule has 0 unspecified atom stereocenters. The number of nitrogens with zero attached hydrogens (tertiary/aromatic N) is 63. The van der Waals surface area contributed by atoms with Crippen molar-refractivity contribution in [3.8, 4) is 0 Å². The second kappa shape index (κ2) is 51.0. The summed E-state index contributed by atoms with van der Waals surface area (Å²) in [5.74, 6) is 4.63. The summed E-state index contributed by atoms with van der Waals surface area (Å²) in [6.07, 6.45) is 0. The minimum absolute atomic E-state index is 2.50. The zero-order valence-corrected chi connectivity index (χ0v) is 29.3. The van der Waals surface area contributed by atoms with Gasteiger partial charge in [0.2, 0.25) is 0 Å². The minimum atomic E-state index is 2.50. The molecule has 0 spiro atoms. The maximum atomic E-state index is 6.26. The maximum Gasteiger partial charge on any atom is 0 e. The fraction of sp³-hybridized carbons (Fsp3) is 0. The van der Waals surface area contributed by atoms with E-state index in [2.05, 4.69) is 335 Å². The van der Waals surface area contributed by atoms with Crippen LogP contribution < -0.4 is 5.84 Å². The molecule has 65 heavy (non-hydrogen) atoms. The summed E-state index contributed by atoms with van der Waals surface area (Å²) < 4.78 is 0. The summed E-state index contributed by atoms with van der Waals surface area (Å²) in [5.41, 5.74) is 6.26. The van der Waals surface area contributed by atoms with E-state index in [9.17, 15) is 0 Å². The van der Waals surface area contributed by atoms with E-state index in [4.69, 9.17) is 5.53 Å². The first kappa shape index (κ1) is 52.0. The van der Waals surface area contributed by atoms with Gasteiger partial charge in [-0.25, -0.2) is 0 Å². The van der Waals surface area contributed by atoms with Crippen LogP contribution >= 0.6 is 0 Å². The Hall–Kier alpha value is -13.0. The fourth-order valence-corrected chi connectivity index (χ4v) is 1.10. The molecule has 65 nitrogen and oxygen atoms in total. The summed E-state index contributed by atoms with van der Waals surface area (Å²) >= 11 is 0. The summed E-state index contributed by atoms with van der Waals surface area (Å²) in [6, 6.07) is 0. The van der Waals surface area contributed by atoms with E-state index >= 15 is 0 Å². The van der Waals surface area contributed by atoms with Crippen molar-refractivity contribution in [2.75, 3.05) is 0 Å². The van der Waals surface area contributed by atoms with Crippen LogP contribution in [-0.4, -0.2) is 0 Å². The molecule has 0 atom stereocenters. The first-order chi connectivity index (χ1) is 32.4. The lowest BCUT2D eigenvalue weighted by atomic mass is 12.3. The molecule has 0 aliphatic carbocycles. The first-order valence-corrected chi connectivity index (χ1v) is 12.9. The van der Waals surface area contributed by atoms with Gasteiger partial charge in [0.1, 0.15) is 0 Å². The van der Waals surface area contributed by atoms with Crippen LogP contribution in [0.25, 0.3) is 0 Å². The largest absolute Gasteiger partial charge is 0.303 e. The van der Waals surface area contributed by atoms with Gasteiger partial charge in [-0.1, -0.05) is 5.22 Å². The van der Waals surface area contributed by atoms with Gasteiger partial charge in [0.15, 0.2) is 0 Å². The molecule has 0 rings (SSSR count). The third kappa shape index (κ3) is 51.0. The molecule has 3 N–H and O–H groups in total. The van der Waals surface area contributed by atoms with E-state index in [0.717, 1.165) is 0 Å². The van der Waals surface area contributed by atoms with Crippen molar-refractivity contribution in [3.05, 3.63) is 0 Å². The fourth-order valence-electron chi connectivity index (χ4n) is 1.10. The predicted molar refractivity (Wildman–Crippen MR) is 160 cm³/mol. The Bertz CT molecular complexity index is 2180. The van der Waals surface area contributed by atoms with Crippen LogP contribution in [0.1, 0.15) is 0 Å². The van der Waals surface area contributed by atoms with E-state index in [1.165, 1.54) is 0 Å². The smallest absolute Gasteiger partial charge is 0 e. The molecule has 0 bridgehead atoms. The molecule has 0 aliphatic rings. The number of nitrogens with one attached hydrogen (secondary N) is 1. The summed E-state index contributed by atoms with van der Waals surface area (Å²) in [5, 5.41) is 187. The average molecular weight is 913 g/mol. The molecule has 0 aromatic rings. The van der Waals surface area contributed by atoms with Crippen LogP contribution in [0, 0.1) is 5.53 Å². The molecule has 0 amide bonds. The van der Waals surface area contributed by atoms with Crippen LogP contribution in [0.4, 0.5) is 0 Å². The lowest BCUT2D eigenvalue weighted by Crippen LogP contribution is -1.70. The van der Waals surface area contributed by atoms with Gasteiger partial charge < -0.3 is 5.84 Å². The second-order valence-corrected chi connectivity index (χ2v) is 5.67. The van der Waals surface area contributed by atoms with Gasteiger partial charge in [0.25, 0.3) is 0 Å². The Morgan fingerprint density at radius 3 is 0.277 bits per heavy atom. The average Bonchev–Trinajstić information content (AvgIpc) is 3.32. The molecule has 0 radical (unpaired) electrons. The number of hydrogen-bond donors (Lipinski definition) is 2. The Morgan fingerprint density at radius 2 is 0.200 bits per heavy atom. The van der Waals surface area contributed by atoms with E-state index in [1.807, 2.05) is 0 Å².